The molecule has 0 aliphatic carbocycles. The molecular formula is C29H22N2O2S. The number of para-hydroxylation sites is 2. The second-order valence-corrected chi connectivity index (χ2v) is 9.99. The van der Waals surface area contributed by atoms with Crippen molar-refractivity contribution in [3.8, 4) is 0 Å². The van der Waals surface area contributed by atoms with Gasteiger partial charge in [-0.3, -0.25) is 0 Å². The zero-order valence-electron chi connectivity index (χ0n) is 18.4. The Morgan fingerprint density at radius 2 is 1.26 bits per heavy atom. The van der Waals surface area contributed by atoms with Gasteiger partial charge in [0.2, 0.25) is 9.84 Å². The molecule has 0 atom stereocenters. The van der Waals surface area contributed by atoms with Crippen molar-refractivity contribution < 1.29 is 8.42 Å². The van der Waals surface area contributed by atoms with Crippen molar-refractivity contribution >= 4 is 33.0 Å². The Balaban J connectivity index is 1.55. The van der Waals surface area contributed by atoms with Crippen molar-refractivity contribution in [2.45, 2.75) is 17.7 Å². The topological polar surface area (TPSA) is 41.7 Å². The zero-order chi connectivity index (χ0) is 23.5. The molecule has 0 spiro atoms. The molecule has 34 heavy (non-hydrogen) atoms. The fourth-order valence-corrected chi connectivity index (χ4v) is 5.48. The first-order valence-corrected chi connectivity index (χ1v) is 12.5. The lowest BCUT2D eigenvalue weighted by atomic mass is 10.0. The number of benzene rings is 4. The molecule has 0 N–H and O–H groups in total. The van der Waals surface area contributed by atoms with Crippen LogP contribution in [0.1, 0.15) is 16.7 Å². The molecule has 1 aliphatic heterocycles. The Bertz CT molecular complexity index is 1470. The third-order valence-corrected chi connectivity index (χ3v) is 7.66. The molecule has 1 heterocycles. The Hall–Kier alpha value is -4.14. The molecule has 0 fully saturated rings. The molecule has 0 bridgehead atoms. The summed E-state index contributed by atoms with van der Waals surface area (Å²) in [4.78, 5) is 5.70. The maximum atomic E-state index is 12.9. The van der Waals surface area contributed by atoms with E-state index >= 15 is 0 Å². The van der Waals surface area contributed by atoms with E-state index in [-0.39, 0.29) is 9.92 Å². The van der Waals surface area contributed by atoms with Crippen LogP contribution in [0.2, 0.25) is 0 Å². The third-order valence-electron chi connectivity index (χ3n) is 6.01. The van der Waals surface area contributed by atoms with Gasteiger partial charge in [0, 0.05) is 17.1 Å². The monoisotopic (exact) mass is 462 g/mol. The molecule has 4 nitrogen and oxygen atoms in total. The number of hydrogen-bond donors (Lipinski definition) is 0. The maximum absolute atomic E-state index is 12.9. The average molecular weight is 463 g/mol. The second kappa shape index (κ2) is 9.01. The Morgan fingerprint density at radius 1 is 0.735 bits per heavy atom. The first-order chi connectivity index (χ1) is 16.6. The molecule has 0 saturated carbocycles. The molecule has 4 aromatic rings. The van der Waals surface area contributed by atoms with E-state index in [4.69, 9.17) is 6.57 Å². The molecule has 4 aromatic carbocycles. The van der Waals surface area contributed by atoms with Crippen LogP contribution in [0, 0.1) is 6.57 Å². The van der Waals surface area contributed by atoms with Gasteiger partial charge in [-0.05, 0) is 72.0 Å². The van der Waals surface area contributed by atoms with Crippen LogP contribution in [0.15, 0.2) is 113 Å². The Labute approximate surface area is 200 Å². The predicted molar refractivity (Wildman–Crippen MR) is 137 cm³/mol. The summed E-state index contributed by atoms with van der Waals surface area (Å²) < 4.78 is 25.8. The molecular weight excluding hydrogens is 440 g/mol. The predicted octanol–water partition coefficient (Wildman–Crippen LogP) is 6.95. The van der Waals surface area contributed by atoms with Crippen LogP contribution in [0.4, 0.5) is 17.1 Å². The molecule has 0 unspecified atom stereocenters. The number of nitrogens with zero attached hydrogens (tertiary/aromatic N) is 2. The molecule has 166 valence electrons. The van der Waals surface area contributed by atoms with Gasteiger partial charge in [-0.15, -0.1) is 0 Å². The van der Waals surface area contributed by atoms with E-state index < -0.39 is 9.84 Å². The molecule has 0 amide bonds. The SMILES string of the molecule is [C-]#[N+]/C(=C\c1ccc(N2c3ccccc3CCc3ccccc32)cc1)S(=O)(=O)c1ccccc1. The second-order valence-electron chi connectivity index (χ2n) is 8.10. The molecule has 0 saturated heterocycles. The van der Waals surface area contributed by atoms with E-state index in [1.807, 2.05) is 36.4 Å². The number of aryl methyl sites for hydroxylation is 2. The van der Waals surface area contributed by atoms with Gasteiger partial charge < -0.3 is 4.90 Å². The minimum Gasteiger partial charge on any atom is -0.310 e. The number of hydrogen-bond acceptors (Lipinski definition) is 3. The van der Waals surface area contributed by atoms with Crippen LogP contribution in [-0.2, 0) is 22.7 Å². The highest BCUT2D eigenvalue weighted by Crippen LogP contribution is 2.41. The molecule has 1 aliphatic rings. The quantitative estimate of drug-likeness (QED) is 0.308. The zero-order valence-corrected chi connectivity index (χ0v) is 19.2. The lowest BCUT2D eigenvalue weighted by Crippen LogP contribution is -2.11. The normalized spacial score (nSPS) is 13.4. The van der Waals surface area contributed by atoms with Gasteiger partial charge in [-0.2, -0.15) is 0 Å². The summed E-state index contributed by atoms with van der Waals surface area (Å²) in [5.41, 5.74) is 6.49. The van der Waals surface area contributed by atoms with Crippen LogP contribution >= 0.6 is 0 Å². The van der Waals surface area contributed by atoms with Gasteiger partial charge >= 0.3 is 0 Å². The molecule has 5 rings (SSSR count). The maximum Gasteiger partial charge on any atom is 0.283 e. The summed E-state index contributed by atoms with van der Waals surface area (Å²) in [7, 11) is -3.87. The van der Waals surface area contributed by atoms with Gasteiger partial charge in [-0.25, -0.2) is 13.3 Å². The molecule has 0 radical (unpaired) electrons. The standard InChI is InChI=1S/C29H22N2O2S/c1-30-29(34(32,33)26-11-3-2-4-12-26)21-22-15-19-25(20-16-22)31-27-13-7-5-9-23(27)17-18-24-10-6-8-14-28(24)31/h2-16,19-21H,17-18H2/b29-21+. The van der Waals surface area contributed by atoms with E-state index in [0.717, 1.165) is 29.9 Å². The van der Waals surface area contributed by atoms with Crippen LogP contribution in [0.3, 0.4) is 0 Å². The smallest absolute Gasteiger partial charge is 0.283 e. The van der Waals surface area contributed by atoms with Gasteiger partial charge in [0.25, 0.3) is 5.03 Å². The van der Waals surface area contributed by atoms with Crippen molar-refractivity contribution in [2.75, 3.05) is 4.90 Å². The van der Waals surface area contributed by atoms with Gasteiger partial charge in [0.1, 0.15) is 0 Å². The Morgan fingerprint density at radius 3 is 1.82 bits per heavy atom. The van der Waals surface area contributed by atoms with Crippen LogP contribution in [0.5, 0.6) is 0 Å². The lowest BCUT2D eigenvalue weighted by Gasteiger charge is -2.27. The van der Waals surface area contributed by atoms with Crippen molar-refractivity contribution in [3.05, 3.63) is 136 Å². The Kier molecular flexibility index (Phi) is 5.75. The minimum atomic E-state index is -3.87. The molecule has 5 heteroatoms. The summed E-state index contributed by atoms with van der Waals surface area (Å²) >= 11 is 0. The number of rotatable bonds is 4. The van der Waals surface area contributed by atoms with Gasteiger partial charge in [-0.1, -0.05) is 66.7 Å². The highest BCUT2D eigenvalue weighted by Gasteiger charge is 2.23. The number of sulfone groups is 1. The summed E-state index contributed by atoms with van der Waals surface area (Å²) in [5, 5.41) is -0.295. The van der Waals surface area contributed by atoms with Crippen molar-refractivity contribution in [1.29, 1.82) is 0 Å². The molecule has 0 aromatic heterocycles. The van der Waals surface area contributed by atoms with E-state index in [2.05, 4.69) is 46.1 Å². The van der Waals surface area contributed by atoms with E-state index in [9.17, 15) is 8.42 Å². The van der Waals surface area contributed by atoms with Gasteiger partial charge in [0.05, 0.1) is 11.5 Å². The summed E-state index contributed by atoms with van der Waals surface area (Å²) in [6.07, 6.45) is 3.37. The average Bonchev–Trinajstić information content (AvgIpc) is 3.05. The third kappa shape index (κ3) is 4.00. The van der Waals surface area contributed by atoms with E-state index in [1.54, 1.807) is 18.2 Å². The summed E-state index contributed by atoms with van der Waals surface area (Å²) in [5.74, 6) is 0. The first kappa shape index (κ1) is 21.7. The van der Waals surface area contributed by atoms with Crippen LogP contribution in [0.25, 0.3) is 10.9 Å². The first-order valence-electron chi connectivity index (χ1n) is 11.0. The van der Waals surface area contributed by atoms with Crippen LogP contribution < -0.4 is 4.90 Å². The van der Waals surface area contributed by atoms with Crippen LogP contribution in [-0.4, -0.2) is 8.42 Å². The van der Waals surface area contributed by atoms with Crippen molar-refractivity contribution in [3.63, 3.8) is 0 Å². The van der Waals surface area contributed by atoms with Crippen molar-refractivity contribution in [2.24, 2.45) is 0 Å². The fourth-order valence-electron chi connectivity index (χ4n) is 4.31. The highest BCUT2D eigenvalue weighted by molar-refractivity contribution is 7.95. The van der Waals surface area contributed by atoms with E-state index in [0.29, 0.717) is 5.56 Å². The highest BCUT2D eigenvalue weighted by atomic mass is 32.2. The summed E-state index contributed by atoms with van der Waals surface area (Å²) in [6, 6.07) is 32.6. The van der Waals surface area contributed by atoms with E-state index in [1.165, 1.54) is 29.3 Å². The number of anilines is 3. The van der Waals surface area contributed by atoms with Crippen molar-refractivity contribution in [1.82, 2.24) is 0 Å². The summed E-state index contributed by atoms with van der Waals surface area (Å²) in [6.45, 7) is 7.47. The van der Waals surface area contributed by atoms with Gasteiger partial charge in [0.15, 0.2) is 0 Å². The lowest BCUT2D eigenvalue weighted by molar-refractivity contribution is 0.603. The number of fused-ring (bicyclic) bond motifs is 2. The fraction of sp³-hybridized carbons (Fsp3) is 0.0690. The largest absolute Gasteiger partial charge is 0.310 e. The minimum absolute atomic E-state index is 0.117.